The lowest BCUT2D eigenvalue weighted by Gasteiger charge is -2.17. The minimum atomic E-state index is -0.414. The second-order valence-corrected chi connectivity index (χ2v) is 6.24. The molecule has 3 rings (SSSR count). The van der Waals surface area contributed by atoms with Gasteiger partial charge in [-0.3, -0.25) is 10.1 Å². The molecule has 0 aliphatic heterocycles. The molecule has 0 saturated heterocycles. The number of benzene rings is 3. The summed E-state index contributed by atoms with van der Waals surface area (Å²) in [6, 6.07) is 26.6. The van der Waals surface area contributed by atoms with E-state index in [-0.39, 0.29) is 21.0 Å². The van der Waals surface area contributed by atoms with Gasteiger partial charge in [-0.1, -0.05) is 60.7 Å². The molecule has 0 aliphatic carbocycles. The van der Waals surface area contributed by atoms with Gasteiger partial charge in [-0.2, -0.15) is 0 Å². The summed E-state index contributed by atoms with van der Waals surface area (Å²) in [7, 11) is 0.177. The van der Waals surface area contributed by atoms with E-state index < -0.39 is 4.92 Å². The molecule has 4 nitrogen and oxygen atoms in total. The van der Waals surface area contributed by atoms with Crippen LogP contribution in [0.3, 0.4) is 0 Å². The van der Waals surface area contributed by atoms with Crippen LogP contribution in [-0.4, -0.2) is 14.7 Å². The van der Waals surface area contributed by atoms with Gasteiger partial charge in [-0.25, -0.2) is 0 Å². The summed E-state index contributed by atoms with van der Waals surface area (Å²) in [5.74, 6) is 0.635. The SMILES string of the molecule is O=[N+]([O-])c1ccc(O[Si]C(c2ccccc2)c2ccccc2)cc1. The number of non-ortho nitro benzene ring substituents is 1. The van der Waals surface area contributed by atoms with Crippen LogP contribution in [0.4, 0.5) is 5.69 Å². The van der Waals surface area contributed by atoms with Crippen LogP contribution in [0, 0.1) is 10.1 Å². The second kappa shape index (κ2) is 7.57. The fourth-order valence-electron chi connectivity index (χ4n) is 2.38. The third-order valence-electron chi connectivity index (χ3n) is 3.61. The summed E-state index contributed by atoms with van der Waals surface area (Å²) in [5, 5.41) is 10.7. The Hall–Kier alpha value is -2.92. The highest BCUT2D eigenvalue weighted by Crippen LogP contribution is 2.25. The minimum Gasteiger partial charge on any atom is -0.540 e. The maximum absolute atomic E-state index is 10.7. The van der Waals surface area contributed by atoms with Gasteiger partial charge in [0.2, 0.25) is 0 Å². The highest BCUT2D eigenvalue weighted by molar-refractivity contribution is 6.32. The number of nitrogens with zero attached hydrogens (tertiary/aromatic N) is 1. The Morgan fingerprint density at radius 2 is 1.29 bits per heavy atom. The molecule has 5 heteroatoms. The van der Waals surface area contributed by atoms with E-state index in [2.05, 4.69) is 24.3 Å². The van der Waals surface area contributed by atoms with Crippen molar-refractivity contribution in [2.45, 2.75) is 5.54 Å². The molecule has 0 atom stereocenters. The van der Waals surface area contributed by atoms with Crippen molar-refractivity contribution in [1.82, 2.24) is 0 Å². The molecular weight excluding hydrogens is 318 g/mol. The van der Waals surface area contributed by atoms with Crippen LogP contribution in [0.2, 0.25) is 0 Å². The smallest absolute Gasteiger partial charge is 0.323 e. The minimum absolute atomic E-state index is 0.0633. The van der Waals surface area contributed by atoms with Crippen molar-refractivity contribution >= 4 is 15.5 Å². The van der Waals surface area contributed by atoms with Crippen molar-refractivity contribution < 1.29 is 9.35 Å². The first-order valence-electron chi connectivity index (χ1n) is 7.51. The molecule has 24 heavy (non-hydrogen) atoms. The van der Waals surface area contributed by atoms with Crippen molar-refractivity contribution in [3.8, 4) is 5.75 Å². The normalized spacial score (nSPS) is 10.5. The Kier molecular flexibility index (Phi) is 5.03. The van der Waals surface area contributed by atoms with Crippen molar-refractivity contribution in [3.05, 3.63) is 106 Å². The third kappa shape index (κ3) is 3.88. The summed E-state index contributed by atoms with van der Waals surface area (Å²) in [4.78, 5) is 10.3. The summed E-state index contributed by atoms with van der Waals surface area (Å²) < 4.78 is 5.92. The van der Waals surface area contributed by atoms with Gasteiger partial charge in [0.05, 0.1) is 4.92 Å². The fourth-order valence-corrected chi connectivity index (χ4v) is 3.43. The lowest BCUT2D eigenvalue weighted by atomic mass is 10.0. The largest absolute Gasteiger partial charge is 0.540 e. The average Bonchev–Trinajstić information content (AvgIpc) is 2.64. The van der Waals surface area contributed by atoms with E-state index in [1.54, 1.807) is 12.1 Å². The topological polar surface area (TPSA) is 52.4 Å². The maximum Gasteiger partial charge on any atom is 0.323 e. The highest BCUT2D eigenvalue weighted by atomic mass is 28.2. The van der Waals surface area contributed by atoms with Crippen LogP contribution in [-0.2, 0) is 0 Å². The summed E-state index contributed by atoms with van der Waals surface area (Å²) in [6.45, 7) is 0. The number of hydrogen-bond acceptors (Lipinski definition) is 3. The number of rotatable bonds is 6. The molecule has 3 aromatic rings. The lowest BCUT2D eigenvalue weighted by Crippen LogP contribution is -2.16. The molecule has 0 fully saturated rings. The number of hydrogen-bond donors (Lipinski definition) is 0. The van der Waals surface area contributed by atoms with Crippen molar-refractivity contribution in [2.75, 3.05) is 0 Å². The fraction of sp³-hybridized carbons (Fsp3) is 0.0526. The van der Waals surface area contributed by atoms with Crippen molar-refractivity contribution in [3.63, 3.8) is 0 Å². The van der Waals surface area contributed by atoms with E-state index in [4.69, 9.17) is 4.43 Å². The summed E-state index contributed by atoms with van der Waals surface area (Å²) in [6.07, 6.45) is 0. The molecule has 118 valence electrons. The van der Waals surface area contributed by atoms with Crippen LogP contribution >= 0.6 is 0 Å². The van der Waals surface area contributed by atoms with Gasteiger partial charge in [0, 0.05) is 17.7 Å². The van der Waals surface area contributed by atoms with Gasteiger partial charge in [-0.05, 0) is 23.3 Å². The first kappa shape index (κ1) is 16.0. The van der Waals surface area contributed by atoms with Gasteiger partial charge in [0.25, 0.3) is 5.69 Å². The van der Waals surface area contributed by atoms with E-state index in [0.29, 0.717) is 5.75 Å². The first-order chi connectivity index (χ1) is 11.7. The lowest BCUT2D eigenvalue weighted by molar-refractivity contribution is -0.384. The molecule has 0 aliphatic rings. The van der Waals surface area contributed by atoms with Crippen LogP contribution < -0.4 is 4.43 Å². The van der Waals surface area contributed by atoms with Crippen LogP contribution in [0.15, 0.2) is 84.9 Å². The predicted octanol–water partition coefficient (Wildman–Crippen LogP) is 4.38. The average molecular weight is 333 g/mol. The van der Waals surface area contributed by atoms with E-state index in [0.717, 1.165) is 0 Å². The highest BCUT2D eigenvalue weighted by Gasteiger charge is 2.18. The third-order valence-corrected chi connectivity index (χ3v) is 4.86. The molecule has 0 heterocycles. The molecule has 0 unspecified atom stereocenters. The molecule has 0 amide bonds. The zero-order valence-electron chi connectivity index (χ0n) is 12.8. The van der Waals surface area contributed by atoms with Crippen LogP contribution in [0.25, 0.3) is 0 Å². The Balaban J connectivity index is 1.79. The van der Waals surface area contributed by atoms with Crippen LogP contribution in [0.1, 0.15) is 16.7 Å². The number of nitro groups is 1. The first-order valence-corrected chi connectivity index (χ1v) is 8.49. The molecule has 0 spiro atoms. The zero-order chi connectivity index (χ0) is 16.8. The molecule has 0 N–H and O–H groups in total. The van der Waals surface area contributed by atoms with Gasteiger partial charge in [-0.15, -0.1) is 0 Å². The predicted molar refractivity (Wildman–Crippen MR) is 94.2 cm³/mol. The Morgan fingerprint density at radius 1 is 0.792 bits per heavy atom. The van der Waals surface area contributed by atoms with E-state index in [1.165, 1.54) is 23.3 Å². The Labute approximate surface area is 142 Å². The summed E-state index contributed by atoms with van der Waals surface area (Å²) >= 11 is 0. The Morgan fingerprint density at radius 3 is 1.75 bits per heavy atom. The molecule has 0 bridgehead atoms. The molecule has 0 aromatic heterocycles. The summed E-state index contributed by atoms with van der Waals surface area (Å²) in [5.41, 5.74) is 2.56. The molecule has 3 aromatic carbocycles. The van der Waals surface area contributed by atoms with Gasteiger partial charge in [0.15, 0.2) is 0 Å². The second-order valence-electron chi connectivity index (χ2n) is 5.23. The quantitative estimate of drug-likeness (QED) is 0.382. The maximum atomic E-state index is 10.7. The molecular formula is C19H15NO3Si. The van der Waals surface area contributed by atoms with Gasteiger partial charge >= 0.3 is 9.76 Å². The van der Waals surface area contributed by atoms with Crippen molar-refractivity contribution in [2.24, 2.45) is 0 Å². The standard InChI is InChI=1S/C19H15NO3Si/c21-20(22)17-11-13-18(14-12-17)23-24-19(15-7-3-1-4-8-15)16-9-5-2-6-10-16/h1-14,19H. The van der Waals surface area contributed by atoms with E-state index in [9.17, 15) is 10.1 Å². The van der Waals surface area contributed by atoms with Crippen molar-refractivity contribution in [1.29, 1.82) is 0 Å². The molecule has 0 saturated carbocycles. The zero-order valence-corrected chi connectivity index (χ0v) is 13.8. The van der Waals surface area contributed by atoms with E-state index >= 15 is 0 Å². The van der Waals surface area contributed by atoms with E-state index in [1.807, 2.05) is 36.4 Å². The number of nitro benzene ring substituents is 1. The Bertz CT molecular complexity index is 752. The van der Waals surface area contributed by atoms with Gasteiger partial charge in [0.1, 0.15) is 5.75 Å². The van der Waals surface area contributed by atoms with Gasteiger partial charge < -0.3 is 4.43 Å². The monoisotopic (exact) mass is 333 g/mol. The molecule has 2 radical (unpaired) electrons. The van der Waals surface area contributed by atoms with Crippen LogP contribution in [0.5, 0.6) is 5.75 Å².